The van der Waals surface area contributed by atoms with Gasteiger partial charge in [-0.1, -0.05) is 54.8 Å². The van der Waals surface area contributed by atoms with Gasteiger partial charge >= 0.3 is 0 Å². The fourth-order valence-electron chi connectivity index (χ4n) is 2.66. The Labute approximate surface area is 112 Å². The molecule has 1 atom stereocenters. The number of aromatic nitrogens is 2. The first kappa shape index (κ1) is 12.4. The van der Waals surface area contributed by atoms with Crippen LogP contribution >= 0.6 is 0 Å². The third-order valence-electron chi connectivity index (χ3n) is 3.78. The van der Waals surface area contributed by atoms with Gasteiger partial charge < -0.3 is 9.63 Å². The minimum absolute atomic E-state index is 0.298. The number of aliphatic hydroxyl groups is 1. The van der Waals surface area contributed by atoms with Crippen LogP contribution in [-0.4, -0.2) is 15.2 Å². The number of hydrogen-bond donors (Lipinski definition) is 1. The minimum atomic E-state index is -0.828. The van der Waals surface area contributed by atoms with Crippen molar-refractivity contribution in [2.75, 3.05) is 0 Å². The molecule has 1 heterocycles. The number of benzene rings is 1. The lowest BCUT2D eigenvalue weighted by atomic mass is 9.89. The lowest BCUT2D eigenvalue weighted by molar-refractivity contribution is 0.170. The zero-order valence-corrected chi connectivity index (χ0v) is 10.8. The van der Waals surface area contributed by atoms with E-state index in [0.29, 0.717) is 11.8 Å². The third-order valence-corrected chi connectivity index (χ3v) is 3.78. The highest BCUT2D eigenvalue weighted by atomic mass is 16.5. The summed E-state index contributed by atoms with van der Waals surface area (Å²) < 4.78 is 5.22. The van der Waals surface area contributed by atoms with Crippen LogP contribution in [0.15, 0.2) is 34.9 Å². The van der Waals surface area contributed by atoms with Gasteiger partial charge in [-0.25, -0.2) is 0 Å². The summed E-state index contributed by atoms with van der Waals surface area (Å²) in [6, 6.07) is 9.40. The Morgan fingerprint density at radius 1 is 1.11 bits per heavy atom. The van der Waals surface area contributed by atoms with Gasteiger partial charge in [-0.05, 0) is 18.4 Å². The standard InChI is InChI=1S/C15H18N2O2/c18-13(11-7-3-1-4-8-11)15-16-14(17-19-15)12-9-5-2-6-10-12/h1,3-4,7-8,12-13,18H,2,5-6,9-10H2. The van der Waals surface area contributed by atoms with Crippen molar-refractivity contribution in [2.45, 2.75) is 44.1 Å². The molecule has 1 aliphatic carbocycles. The molecule has 0 aliphatic heterocycles. The zero-order valence-electron chi connectivity index (χ0n) is 10.8. The molecule has 2 aromatic rings. The third kappa shape index (κ3) is 2.68. The van der Waals surface area contributed by atoms with Gasteiger partial charge in [0.15, 0.2) is 11.9 Å². The van der Waals surface area contributed by atoms with Crippen molar-refractivity contribution in [1.82, 2.24) is 10.1 Å². The van der Waals surface area contributed by atoms with Crippen molar-refractivity contribution in [2.24, 2.45) is 0 Å². The van der Waals surface area contributed by atoms with E-state index in [4.69, 9.17) is 4.52 Å². The lowest BCUT2D eigenvalue weighted by Crippen LogP contribution is -2.07. The first-order valence-corrected chi connectivity index (χ1v) is 6.91. The highest BCUT2D eigenvalue weighted by Crippen LogP contribution is 2.31. The van der Waals surface area contributed by atoms with Crippen LogP contribution < -0.4 is 0 Å². The van der Waals surface area contributed by atoms with Crippen LogP contribution in [0.2, 0.25) is 0 Å². The molecular formula is C15H18N2O2. The summed E-state index contributed by atoms with van der Waals surface area (Å²) in [5, 5.41) is 14.2. The highest BCUT2D eigenvalue weighted by Gasteiger charge is 2.23. The van der Waals surface area contributed by atoms with Crippen molar-refractivity contribution in [3.63, 3.8) is 0 Å². The quantitative estimate of drug-likeness (QED) is 0.918. The first-order chi connectivity index (χ1) is 9.34. The predicted octanol–water partition coefficient (Wildman–Crippen LogP) is 3.20. The molecule has 3 rings (SSSR count). The Morgan fingerprint density at radius 2 is 1.84 bits per heavy atom. The lowest BCUT2D eigenvalue weighted by Gasteiger charge is -2.17. The van der Waals surface area contributed by atoms with Crippen molar-refractivity contribution < 1.29 is 9.63 Å². The second kappa shape index (κ2) is 5.53. The van der Waals surface area contributed by atoms with E-state index in [9.17, 15) is 5.11 Å². The van der Waals surface area contributed by atoms with E-state index in [2.05, 4.69) is 10.1 Å². The van der Waals surface area contributed by atoms with E-state index >= 15 is 0 Å². The second-order valence-corrected chi connectivity index (χ2v) is 5.14. The Hall–Kier alpha value is -1.68. The SMILES string of the molecule is OC(c1ccccc1)c1nc(C2CCCCC2)no1. The van der Waals surface area contributed by atoms with Crippen molar-refractivity contribution >= 4 is 0 Å². The van der Waals surface area contributed by atoms with E-state index in [0.717, 1.165) is 24.2 Å². The summed E-state index contributed by atoms with van der Waals surface area (Å²) >= 11 is 0. The van der Waals surface area contributed by atoms with Crippen LogP contribution in [0.4, 0.5) is 0 Å². The molecule has 1 saturated carbocycles. The summed E-state index contributed by atoms with van der Waals surface area (Å²) in [5.74, 6) is 1.45. The maximum Gasteiger partial charge on any atom is 0.260 e. The van der Waals surface area contributed by atoms with Gasteiger partial charge in [0.1, 0.15) is 0 Å². The fraction of sp³-hybridized carbons (Fsp3) is 0.467. The van der Waals surface area contributed by atoms with Crippen LogP contribution in [0.5, 0.6) is 0 Å². The molecule has 1 aromatic heterocycles. The van der Waals surface area contributed by atoms with Gasteiger partial charge in [-0.3, -0.25) is 0 Å². The largest absolute Gasteiger partial charge is 0.378 e. The maximum absolute atomic E-state index is 10.2. The van der Waals surface area contributed by atoms with Crippen molar-refractivity contribution in [1.29, 1.82) is 0 Å². The Morgan fingerprint density at radius 3 is 2.58 bits per heavy atom. The molecule has 1 aromatic carbocycles. The molecule has 4 heteroatoms. The van der Waals surface area contributed by atoms with E-state index in [-0.39, 0.29) is 0 Å². The van der Waals surface area contributed by atoms with E-state index in [1.807, 2.05) is 30.3 Å². The van der Waals surface area contributed by atoms with Gasteiger partial charge in [0.25, 0.3) is 5.89 Å². The van der Waals surface area contributed by atoms with Gasteiger partial charge in [-0.15, -0.1) is 0 Å². The smallest absolute Gasteiger partial charge is 0.260 e. The molecule has 0 bridgehead atoms. The number of rotatable bonds is 3. The fourth-order valence-corrected chi connectivity index (χ4v) is 2.66. The molecule has 19 heavy (non-hydrogen) atoms. The maximum atomic E-state index is 10.2. The molecule has 0 saturated heterocycles. The summed E-state index contributed by atoms with van der Waals surface area (Å²) in [5.41, 5.74) is 0.779. The molecule has 0 amide bonds. The highest BCUT2D eigenvalue weighted by molar-refractivity contribution is 5.21. The summed E-state index contributed by atoms with van der Waals surface area (Å²) in [7, 11) is 0. The van der Waals surface area contributed by atoms with Gasteiger partial charge in [0, 0.05) is 5.92 Å². The molecule has 100 valence electrons. The molecule has 1 fully saturated rings. The topological polar surface area (TPSA) is 59.2 Å². The van der Waals surface area contributed by atoms with Crippen LogP contribution in [0.1, 0.15) is 61.4 Å². The second-order valence-electron chi connectivity index (χ2n) is 5.14. The Balaban J connectivity index is 1.77. The van der Waals surface area contributed by atoms with Crippen molar-refractivity contribution in [3.8, 4) is 0 Å². The van der Waals surface area contributed by atoms with Gasteiger partial charge in [0.05, 0.1) is 0 Å². The average molecular weight is 258 g/mol. The summed E-state index contributed by atoms with van der Waals surface area (Å²) in [4.78, 5) is 4.38. The molecule has 1 unspecified atom stereocenters. The van der Waals surface area contributed by atoms with Crippen LogP contribution in [-0.2, 0) is 0 Å². The zero-order chi connectivity index (χ0) is 13.1. The summed E-state index contributed by atoms with van der Waals surface area (Å²) in [6.45, 7) is 0. The normalized spacial score (nSPS) is 18.4. The Kier molecular flexibility index (Phi) is 3.60. The monoisotopic (exact) mass is 258 g/mol. The predicted molar refractivity (Wildman–Crippen MR) is 70.6 cm³/mol. The Bertz CT molecular complexity index is 518. The van der Waals surface area contributed by atoms with E-state index in [1.54, 1.807) is 0 Å². The number of hydrogen-bond acceptors (Lipinski definition) is 4. The van der Waals surface area contributed by atoms with Crippen LogP contribution in [0.25, 0.3) is 0 Å². The van der Waals surface area contributed by atoms with E-state index < -0.39 is 6.10 Å². The molecule has 1 aliphatic rings. The molecule has 4 nitrogen and oxygen atoms in total. The number of aliphatic hydroxyl groups excluding tert-OH is 1. The van der Waals surface area contributed by atoms with Crippen molar-refractivity contribution in [3.05, 3.63) is 47.6 Å². The van der Waals surface area contributed by atoms with Crippen LogP contribution in [0, 0.1) is 0 Å². The molecular weight excluding hydrogens is 240 g/mol. The first-order valence-electron chi connectivity index (χ1n) is 6.91. The molecule has 1 N–H and O–H groups in total. The molecule has 0 spiro atoms. The number of nitrogens with zero attached hydrogens (tertiary/aromatic N) is 2. The molecule has 0 radical (unpaired) electrons. The minimum Gasteiger partial charge on any atom is -0.378 e. The van der Waals surface area contributed by atoms with Crippen LogP contribution in [0.3, 0.4) is 0 Å². The average Bonchev–Trinajstić information content (AvgIpc) is 2.98. The summed E-state index contributed by atoms with van der Waals surface area (Å²) in [6.07, 6.45) is 5.19. The van der Waals surface area contributed by atoms with Gasteiger partial charge in [-0.2, -0.15) is 4.98 Å². The van der Waals surface area contributed by atoms with E-state index in [1.165, 1.54) is 19.3 Å². The van der Waals surface area contributed by atoms with Gasteiger partial charge in [0.2, 0.25) is 0 Å².